The maximum absolute atomic E-state index is 13.5. The molecular weight excluding hydrogens is 317 g/mol. The maximum Gasteiger partial charge on any atom is 0.307 e. The quantitative estimate of drug-likeness (QED) is 0.935. The molecule has 1 aromatic carbocycles. The molecule has 0 aliphatic heterocycles. The lowest BCUT2D eigenvalue weighted by Gasteiger charge is -2.06. The third kappa shape index (κ3) is 3.75. The molecule has 0 bridgehead atoms. The number of hydrogen-bond acceptors (Lipinski definition) is 3. The van der Waals surface area contributed by atoms with Crippen molar-refractivity contribution in [3.8, 4) is 11.6 Å². The fourth-order valence-corrected chi connectivity index (χ4v) is 1.74. The second kappa shape index (κ2) is 5.79. The van der Waals surface area contributed by atoms with Crippen LogP contribution in [0.2, 0.25) is 0 Å². The number of nitrogens with zero attached hydrogens (tertiary/aromatic N) is 1. The van der Waals surface area contributed by atoms with E-state index in [1.54, 1.807) is 24.3 Å². The van der Waals surface area contributed by atoms with Gasteiger partial charge in [-0.15, -0.1) is 0 Å². The van der Waals surface area contributed by atoms with Crippen molar-refractivity contribution in [1.82, 2.24) is 4.98 Å². The van der Waals surface area contributed by atoms with E-state index >= 15 is 0 Å². The van der Waals surface area contributed by atoms with Gasteiger partial charge < -0.3 is 9.84 Å². The second-order valence-corrected chi connectivity index (χ2v) is 4.67. The van der Waals surface area contributed by atoms with Crippen LogP contribution in [-0.4, -0.2) is 16.1 Å². The molecule has 2 aromatic rings. The predicted molar refractivity (Wildman–Crippen MR) is 69.8 cm³/mol. The van der Waals surface area contributed by atoms with Gasteiger partial charge in [0.2, 0.25) is 0 Å². The fraction of sp³-hybridized carbons (Fsp3) is 0.0769. The van der Waals surface area contributed by atoms with Gasteiger partial charge >= 0.3 is 5.97 Å². The summed E-state index contributed by atoms with van der Waals surface area (Å²) >= 11 is 3.10. The molecule has 1 aromatic heterocycles. The van der Waals surface area contributed by atoms with Crippen molar-refractivity contribution >= 4 is 21.9 Å². The van der Waals surface area contributed by atoms with Gasteiger partial charge in [-0.1, -0.05) is 12.1 Å². The van der Waals surface area contributed by atoms with Crippen LogP contribution in [0, 0.1) is 5.82 Å². The monoisotopic (exact) mass is 325 g/mol. The van der Waals surface area contributed by atoms with E-state index in [1.165, 1.54) is 12.3 Å². The van der Waals surface area contributed by atoms with E-state index in [-0.39, 0.29) is 12.3 Å². The van der Waals surface area contributed by atoms with Crippen LogP contribution in [0.15, 0.2) is 41.0 Å². The zero-order valence-electron chi connectivity index (χ0n) is 9.64. The molecule has 2 rings (SSSR count). The Bertz CT molecular complexity index is 601. The van der Waals surface area contributed by atoms with Crippen molar-refractivity contribution < 1.29 is 19.0 Å². The van der Waals surface area contributed by atoms with E-state index in [0.29, 0.717) is 15.8 Å². The average molecular weight is 326 g/mol. The number of benzene rings is 1. The van der Waals surface area contributed by atoms with Gasteiger partial charge in [0, 0.05) is 10.7 Å². The van der Waals surface area contributed by atoms with Gasteiger partial charge in [-0.25, -0.2) is 9.37 Å². The van der Waals surface area contributed by atoms with Crippen LogP contribution in [0.1, 0.15) is 5.56 Å². The fourth-order valence-electron chi connectivity index (χ4n) is 1.44. The molecule has 98 valence electrons. The highest BCUT2D eigenvalue weighted by atomic mass is 79.9. The van der Waals surface area contributed by atoms with Crippen LogP contribution in [0.5, 0.6) is 11.6 Å². The molecule has 0 atom stereocenters. The van der Waals surface area contributed by atoms with Gasteiger partial charge in [0.1, 0.15) is 5.75 Å². The number of halogens is 2. The summed E-state index contributed by atoms with van der Waals surface area (Å²) in [7, 11) is 0. The summed E-state index contributed by atoms with van der Waals surface area (Å²) in [5.74, 6) is -1.23. The summed E-state index contributed by atoms with van der Waals surface area (Å²) in [6.07, 6.45) is 1.36. The Balaban J connectivity index is 2.13. The summed E-state index contributed by atoms with van der Waals surface area (Å²) < 4.78 is 19.3. The van der Waals surface area contributed by atoms with Crippen LogP contribution in [0.25, 0.3) is 0 Å². The number of aliphatic carboxylic acids is 1. The molecular formula is C13H9BrFNO3. The summed E-state index contributed by atoms with van der Waals surface area (Å²) in [4.78, 5) is 14.3. The van der Waals surface area contributed by atoms with E-state index in [1.807, 2.05) is 0 Å². The standard InChI is InChI=1S/C13H9BrFNO3/c14-9-6-11(15)13(16-7-9)19-10-3-1-8(2-4-10)5-12(17)18/h1-4,6-7H,5H2,(H,17,18). The van der Waals surface area contributed by atoms with E-state index in [0.717, 1.165) is 0 Å². The Morgan fingerprint density at radius 2 is 2.05 bits per heavy atom. The zero-order valence-corrected chi connectivity index (χ0v) is 11.2. The van der Waals surface area contributed by atoms with E-state index < -0.39 is 11.8 Å². The summed E-state index contributed by atoms with van der Waals surface area (Å²) in [5.41, 5.74) is 0.643. The highest BCUT2D eigenvalue weighted by Gasteiger charge is 2.07. The molecule has 0 amide bonds. The Kier molecular flexibility index (Phi) is 4.11. The number of carbonyl (C=O) groups is 1. The molecule has 0 radical (unpaired) electrons. The summed E-state index contributed by atoms with van der Waals surface area (Å²) in [6.45, 7) is 0. The largest absolute Gasteiger partial charge is 0.481 e. The molecule has 4 nitrogen and oxygen atoms in total. The van der Waals surface area contributed by atoms with Gasteiger partial charge in [-0.05, 0) is 39.7 Å². The topological polar surface area (TPSA) is 59.4 Å². The molecule has 0 fully saturated rings. The number of pyridine rings is 1. The lowest BCUT2D eigenvalue weighted by atomic mass is 10.1. The van der Waals surface area contributed by atoms with Crippen LogP contribution < -0.4 is 4.74 Å². The molecule has 0 aliphatic carbocycles. The molecule has 19 heavy (non-hydrogen) atoms. The van der Waals surface area contributed by atoms with Crippen molar-refractivity contribution in [3.63, 3.8) is 0 Å². The predicted octanol–water partition coefficient (Wildman–Crippen LogP) is 3.40. The molecule has 1 N–H and O–H groups in total. The van der Waals surface area contributed by atoms with Gasteiger partial charge in [-0.2, -0.15) is 0 Å². The Morgan fingerprint density at radius 3 is 2.63 bits per heavy atom. The molecule has 1 heterocycles. The molecule has 0 unspecified atom stereocenters. The normalized spacial score (nSPS) is 10.2. The highest BCUT2D eigenvalue weighted by Crippen LogP contribution is 2.24. The van der Waals surface area contributed by atoms with E-state index in [4.69, 9.17) is 9.84 Å². The Hall–Kier alpha value is -1.95. The summed E-state index contributed by atoms with van der Waals surface area (Å²) in [6, 6.07) is 7.62. The van der Waals surface area contributed by atoms with Crippen LogP contribution in [-0.2, 0) is 11.2 Å². The van der Waals surface area contributed by atoms with Crippen molar-refractivity contribution in [1.29, 1.82) is 0 Å². The molecule has 0 saturated heterocycles. The zero-order chi connectivity index (χ0) is 13.8. The minimum Gasteiger partial charge on any atom is -0.481 e. The number of hydrogen-bond donors (Lipinski definition) is 1. The third-order valence-corrected chi connectivity index (χ3v) is 2.70. The third-order valence-electron chi connectivity index (χ3n) is 2.27. The van der Waals surface area contributed by atoms with Gasteiger partial charge in [0.15, 0.2) is 5.82 Å². The first-order chi connectivity index (χ1) is 9.04. The van der Waals surface area contributed by atoms with Gasteiger partial charge in [0.05, 0.1) is 6.42 Å². The molecule has 0 spiro atoms. The van der Waals surface area contributed by atoms with Gasteiger partial charge in [0.25, 0.3) is 5.88 Å². The number of aromatic nitrogens is 1. The van der Waals surface area contributed by atoms with E-state index in [2.05, 4.69) is 20.9 Å². The Labute approximate surface area is 117 Å². The lowest BCUT2D eigenvalue weighted by molar-refractivity contribution is -0.136. The lowest BCUT2D eigenvalue weighted by Crippen LogP contribution is -1.99. The first kappa shape index (κ1) is 13.5. The van der Waals surface area contributed by atoms with E-state index in [9.17, 15) is 9.18 Å². The van der Waals surface area contributed by atoms with Crippen molar-refractivity contribution in [2.24, 2.45) is 0 Å². The smallest absolute Gasteiger partial charge is 0.307 e. The van der Waals surface area contributed by atoms with Gasteiger partial charge in [-0.3, -0.25) is 4.79 Å². The number of carboxylic acids is 1. The Morgan fingerprint density at radius 1 is 1.37 bits per heavy atom. The van der Waals surface area contributed by atoms with Crippen LogP contribution in [0.3, 0.4) is 0 Å². The minimum absolute atomic E-state index is 0.0643. The maximum atomic E-state index is 13.5. The van der Waals surface area contributed by atoms with Crippen molar-refractivity contribution in [2.45, 2.75) is 6.42 Å². The highest BCUT2D eigenvalue weighted by molar-refractivity contribution is 9.10. The average Bonchev–Trinajstić information content (AvgIpc) is 2.34. The first-order valence-corrected chi connectivity index (χ1v) is 6.13. The molecule has 0 saturated carbocycles. The van der Waals surface area contributed by atoms with Crippen LogP contribution >= 0.6 is 15.9 Å². The minimum atomic E-state index is -0.908. The number of carboxylic acid groups (broad SMARTS) is 1. The number of rotatable bonds is 4. The van der Waals surface area contributed by atoms with Crippen molar-refractivity contribution in [3.05, 3.63) is 52.4 Å². The van der Waals surface area contributed by atoms with Crippen LogP contribution in [0.4, 0.5) is 4.39 Å². The van der Waals surface area contributed by atoms with Crippen molar-refractivity contribution in [2.75, 3.05) is 0 Å². The second-order valence-electron chi connectivity index (χ2n) is 3.76. The SMILES string of the molecule is O=C(O)Cc1ccc(Oc2ncc(Br)cc2F)cc1. The first-order valence-electron chi connectivity index (χ1n) is 5.34. The number of ether oxygens (including phenoxy) is 1. The summed E-state index contributed by atoms with van der Waals surface area (Å²) in [5, 5.41) is 8.64. The molecule has 0 aliphatic rings. The molecule has 6 heteroatoms.